The van der Waals surface area contributed by atoms with E-state index in [9.17, 15) is 20.1 Å². The van der Waals surface area contributed by atoms with Crippen LogP contribution in [0.3, 0.4) is 0 Å². The molecule has 0 saturated carbocycles. The van der Waals surface area contributed by atoms with Crippen LogP contribution in [-0.2, 0) is 14.2 Å². The first-order chi connectivity index (χ1) is 12.5. The minimum atomic E-state index is -1.36. The number of thioether (sulfide) groups is 1. The average molecular weight is 392 g/mol. The summed E-state index contributed by atoms with van der Waals surface area (Å²) in [7, 11) is 0. The molecular weight excluding hydrogens is 368 g/mol. The Labute approximate surface area is 154 Å². The predicted molar refractivity (Wildman–Crippen MR) is 93.5 cm³/mol. The van der Waals surface area contributed by atoms with Crippen molar-refractivity contribution in [2.45, 2.75) is 29.8 Å². The Hall–Kier alpha value is -1.53. The second kappa shape index (κ2) is 12.8. The van der Waals surface area contributed by atoms with Gasteiger partial charge in [-0.3, -0.25) is 0 Å². The molecule has 4 N–H and O–H groups in total. The molecule has 1 fully saturated rings. The third-order valence-corrected chi connectivity index (χ3v) is 4.54. The molecule has 0 aliphatic carbocycles. The molecule has 11 nitrogen and oxygen atoms in total. The van der Waals surface area contributed by atoms with Crippen molar-refractivity contribution >= 4 is 17.9 Å². The van der Waals surface area contributed by atoms with Gasteiger partial charge in [0, 0.05) is 17.2 Å². The number of hydrogen-bond acceptors (Lipinski definition) is 9. The van der Waals surface area contributed by atoms with Crippen molar-refractivity contribution in [1.82, 2.24) is 5.32 Å². The summed E-state index contributed by atoms with van der Waals surface area (Å²) >= 11 is 1.24. The Bertz CT molecular complexity index is 492. The van der Waals surface area contributed by atoms with Crippen LogP contribution in [0, 0.1) is 0 Å². The summed E-state index contributed by atoms with van der Waals surface area (Å²) in [5, 5.41) is 35.3. The van der Waals surface area contributed by atoms with E-state index >= 15 is 0 Å². The maximum atomic E-state index is 11.7. The number of aliphatic hydroxyl groups is 3. The van der Waals surface area contributed by atoms with Crippen LogP contribution < -0.4 is 5.32 Å². The zero-order chi connectivity index (χ0) is 19.4. The predicted octanol–water partition coefficient (Wildman–Crippen LogP) is -0.234. The molecule has 1 aliphatic heterocycles. The smallest absolute Gasteiger partial charge is 0.407 e. The summed E-state index contributed by atoms with van der Waals surface area (Å²) < 4.78 is 15.7. The SMILES string of the molecule is C=CCOC(=O)N[C@@H]1[C@@H](O)[C@H](O)[C@@H](CO)O[C@H]1SCCOCCN=[N+]=[N-]. The van der Waals surface area contributed by atoms with Gasteiger partial charge in [0.2, 0.25) is 0 Å². The van der Waals surface area contributed by atoms with Gasteiger partial charge in [0.15, 0.2) is 0 Å². The van der Waals surface area contributed by atoms with Gasteiger partial charge in [-0.1, -0.05) is 17.8 Å². The second-order valence-corrected chi connectivity index (χ2v) is 6.41. The van der Waals surface area contributed by atoms with Gasteiger partial charge in [0.05, 0.1) is 25.9 Å². The number of aliphatic hydroxyl groups excluding tert-OH is 3. The van der Waals surface area contributed by atoms with Crippen molar-refractivity contribution in [2.75, 3.05) is 38.7 Å². The van der Waals surface area contributed by atoms with E-state index in [1.165, 1.54) is 17.8 Å². The topological polar surface area (TPSA) is 166 Å². The fraction of sp³-hybridized carbons (Fsp3) is 0.786. The van der Waals surface area contributed by atoms with Crippen molar-refractivity contribution in [3.05, 3.63) is 23.1 Å². The first-order valence-electron chi connectivity index (χ1n) is 7.92. The highest BCUT2D eigenvalue weighted by atomic mass is 32.2. The Morgan fingerprint density at radius 3 is 2.85 bits per heavy atom. The lowest BCUT2D eigenvalue weighted by Gasteiger charge is -2.42. The van der Waals surface area contributed by atoms with Gasteiger partial charge in [-0.25, -0.2) is 4.79 Å². The van der Waals surface area contributed by atoms with Crippen molar-refractivity contribution in [3.63, 3.8) is 0 Å². The molecule has 0 aromatic heterocycles. The van der Waals surface area contributed by atoms with Crippen LogP contribution in [0.15, 0.2) is 17.8 Å². The molecule has 0 aromatic carbocycles. The average Bonchev–Trinajstić information content (AvgIpc) is 2.64. The van der Waals surface area contributed by atoms with Crippen LogP contribution in [0.25, 0.3) is 10.4 Å². The molecule has 5 atom stereocenters. The van der Waals surface area contributed by atoms with Gasteiger partial charge in [-0.2, -0.15) is 0 Å². The fourth-order valence-electron chi connectivity index (χ4n) is 2.17. The number of carbonyl (C=O) groups is 1. The minimum Gasteiger partial charge on any atom is -0.445 e. The summed E-state index contributed by atoms with van der Waals surface area (Å²) in [6.45, 7) is 3.75. The van der Waals surface area contributed by atoms with Crippen LogP contribution >= 0.6 is 11.8 Å². The Balaban J connectivity index is 2.57. The molecule has 0 aromatic rings. The quantitative estimate of drug-likeness (QED) is 0.123. The summed E-state index contributed by atoms with van der Waals surface area (Å²) in [6, 6.07) is -0.946. The lowest BCUT2D eigenvalue weighted by atomic mass is 9.98. The van der Waals surface area contributed by atoms with E-state index in [0.29, 0.717) is 12.4 Å². The standard InChI is InChI=1S/C14H24N4O7S/c1-2-4-24-14(22)17-10-12(21)11(20)9(8-19)25-13(10)26-7-6-23-5-3-16-18-15/h2,9-13,19-21H,1,3-8H2,(H,17,22)/t9-,10-,11-,12-,13+/m1/s1. The van der Waals surface area contributed by atoms with Gasteiger partial charge in [-0.05, 0) is 5.53 Å². The number of hydrogen-bond donors (Lipinski definition) is 4. The number of rotatable bonds is 11. The summed E-state index contributed by atoms with van der Waals surface area (Å²) in [4.78, 5) is 14.3. The number of alkyl carbamates (subject to hydrolysis) is 1. The Kier molecular flexibility index (Phi) is 11.1. The van der Waals surface area contributed by atoms with Crippen LogP contribution in [0.4, 0.5) is 4.79 Å². The Morgan fingerprint density at radius 2 is 2.19 bits per heavy atom. The van der Waals surface area contributed by atoms with Gasteiger partial charge < -0.3 is 34.8 Å². The molecule has 0 bridgehead atoms. The molecule has 148 valence electrons. The van der Waals surface area contributed by atoms with Crippen LogP contribution in [0.5, 0.6) is 0 Å². The first-order valence-corrected chi connectivity index (χ1v) is 8.96. The number of nitrogens with one attached hydrogen (secondary N) is 1. The molecule has 26 heavy (non-hydrogen) atoms. The van der Waals surface area contributed by atoms with Gasteiger partial charge in [0.1, 0.15) is 30.4 Å². The molecule has 1 saturated heterocycles. The van der Waals surface area contributed by atoms with Crippen molar-refractivity contribution in [1.29, 1.82) is 0 Å². The number of nitrogens with zero attached hydrogens (tertiary/aromatic N) is 3. The van der Waals surface area contributed by atoms with E-state index in [-0.39, 0.29) is 19.8 Å². The fourth-order valence-corrected chi connectivity index (χ4v) is 3.27. The van der Waals surface area contributed by atoms with Crippen molar-refractivity contribution < 1.29 is 34.3 Å². The van der Waals surface area contributed by atoms with E-state index in [1.54, 1.807) is 0 Å². The molecule has 12 heteroatoms. The highest BCUT2D eigenvalue weighted by Gasteiger charge is 2.45. The molecule has 1 heterocycles. The third-order valence-electron chi connectivity index (χ3n) is 3.41. The first kappa shape index (κ1) is 22.5. The molecule has 1 aliphatic rings. The molecule has 0 spiro atoms. The van der Waals surface area contributed by atoms with Crippen LogP contribution in [0.1, 0.15) is 0 Å². The lowest BCUT2D eigenvalue weighted by molar-refractivity contribution is -0.170. The maximum absolute atomic E-state index is 11.7. The maximum Gasteiger partial charge on any atom is 0.407 e. The molecular formula is C14H24N4O7S. The zero-order valence-electron chi connectivity index (χ0n) is 14.1. The number of carbonyl (C=O) groups excluding carboxylic acids is 1. The highest BCUT2D eigenvalue weighted by Crippen LogP contribution is 2.28. The van der Waals surface area contributed by atoms with E-state index in [4.69, 9.17) is 19.7 Å². The largest absolute Gasteiger partial charge is 0.445 e. The third kappa shape index (κ3) is 7.38. The van der Waals surface area contributed by atoms with E-state index in [1.807, 2.05) is 0 Å². The number of ether oxygens (including phenoxy) is 3. The van der Waals surface area contributed by atoms with Gasteiger partial charge in [-0.15, -0.1) is 11.8 Å². The molecule has 1 amide bonds. The highest BCUT2D eigenvalue weighted by molar-refractivity contribution is 7.99. The summed E-state index contributed by atoms with van der Waals surface area (Å²) in [6.07, 6.45) is -3.08. The zero-order valence-corrected chi connectivity index (χ0v) is 15.0. The second-order valence-electron chi connectivity index (χ2n) is 5.20. The number of azide groups is 1. The van der Waals surface area contributed by atoms with E-state index in [0.717, 1.165) is 0 Å². The minimum absolute atomic E-state index is 0.00580. The summed E-state index contributed by atoms with van der Waals surface area (Å²) in [5.41, 5.74) is 7.42. The monoisotopic (exact) mass is 392 g/mol. The molecule has 0 radical (unpaired) electrons. The molecule has 1 rings (SSSR count). The van der Waals surface area contributed by atoms with Crippen LogP contribution in [0.2, 0.25) is 0 Å². The normalized spacial score (nSPS) is 28.0. The summed E-state index contributed by atoms with van der Waals surface area (Å²) in [5.74, 6) is 0.446. The van der Waals surface area contributed by atoms with E-state index < -0.39 is 42.5 Å². The number of amides is 1. The lowest BCUT2D eigenvalue weighted by Crippen LogP contribution is -2.63. The molecule has 0 unspecified atom stereocenters. The van der Waals surface area contributed by atoms with E-state index in [2.05, 4.69) is 21.9 Å². The van der Waals surface area contributed by atoms with Gasteiger partial charge in [0.25, 0.3) is 0 Å². The van der Waals surface area contributed by atoms with Crippen molar-refractivity contribution in [3.8, 4) is 0 Å². The Morgan fingerprint density at radius 1 is 1.42 bits per heavy atom. The van der Waals surface area contributed by atoms with Gasteiger partial charge >= 0.3 is 6.09 Å². The van der Waals surface area contributed by atoms with Crippen molar-refractivity contribution in [2.24, 2.45) is 5.11 Å². The van der Waals surface area contributed by atoms with Crippen LogP contribution in [-0.4, -0.2) is 89.9 Å².